The van der Waals surface area contributed by atoms with E-state index in [1.54, 1.807) is 12.1 Å². The Morgan fingerprint density at radius 2 is 2.20 bits per heavy atom. The van der Waals surface area contributed by atoms with E-state index in [4.69, 9.17) is 15.2 Å². The molecule has 8 heteroatoms. The zero-order valence-electron chi connectivity index (χ0n) is 10.5. The Balaban J connectivity index is 1.65. The maximum atomic E-state index is 12.1. The van der Waals surface area contributed by atoms with Crippen molar-refractivity contribution in [2.24, 2.45) is 0 Å². The number of anilines is 1. The van der Waals surface area contributed by atoms with Gasteiger partial charge in [0.1, 0.15) is 12.2 Å². The van der Waals surface area contributed by atoms with Gasteiger partial charge >= 0.3 is 0 Å². The van der Waals surface area contributed by atoms with E-state index >= 15 is 0 Å². The minimum atomic E-state index is -0.264. The highest BCUT2D eigenvalue weighted by molar-refractivity contribution is 6.00. The third kappa shape index (κ3) is 2.35. The molecule has 2 heterocycles. The number of carbonyl (C=O) groups is 1. The number of H-pyrrole nitrogens is 1. The van der Waals surface area contributed by atoms with E-state index in [0.717, 1.165) is 0 Å². The number of fused-ring (bicyclic) bond motifs is 1. The van der Waals surface area contributed by atoms with Gasteiger partial charge in [0.05, 0.1) is 5.56 Å². The number of nitrogens with one attached hydrogen (secondary N) is 2. The molecule has 0 radical (unpaired) electrons. The maximum absolute atomic E-state index is 12.1. The summed E-state index contributed by atoms with van der Waals surface area (Å²) in [5.41, 5.74) is 6.56. The van der Waals surface area contributed by atoms with Crippen LogP contribution < -0.4 is 20.5 Å². The molecule has 0 saturated carbocycles. The van der Waals surface area contributed by atoms with Crippen molar-refractivity contribution in [1.29, 1.82) is 0 Å². The smallest absolute Gasteiger partial charge is 0.253 e. The number of nitrogen functional groups attached to an aromatic ring is 1. The van der Waals surface area contributed by atoms with Crippen LogP contribution in [0.3, 0.4) is 0 Å². The molecule has 1 aromatic carbocycles. The number of hydrogen-bond acceptors (Lipinski definition) is 6. The van der Waals surface area contributed by atoms with Crippen molar-refractivity contribution in [2.75, 3.05) is 19.1 Å². The number of aromatic nitrogens is 3. The SMILES string of the molecule is Nc1cc2c(cc1C(=O)NCCc1ncn[nH]1)OCO2. The minimum Gasteiger partial charge on any atom is -0.454 e. The van der Waals surface area contributed by atoms with Crippen molar-refractivity contribution in [2.45, 2.75) is 6.42 Å². The molecule has 1 aliphatic rings. The van der Waals surface area contributed by atoms with Gasteiger partial charge in [-0.15, -0.1) is 0 Å². The minimum absolute atomic E-state index is 0.144. The second-order valence-corrected chi connectivity index (χ2v) is 4.23. The molecular weight excluding hydrogens is 262 g/mol. The van der Waals surface area contributed by atoms with Gasteiger partial charge in [-0.3, -0.25) is 9.89 Å². The molecule has 1 aliphatic heterocycles. The number of rotatable bonds is 4. The molecule has 0 unspecified atom stereocenters. The fourth-order valence-electron chi connectivity index (χ4n) is 1.90. The number of benzene rings is 1. The fraction of sp³-hybridized carbons (Fsp3) is 0.250. The summed E-state index contributed by atoms with van der Waals surface area (Å²) in [5, 5.41) is 9.22. The predicted molar refractivity (Wildman–Crippen MR) is 69.4 cm³/mol. The van der Waals surface area contributed by atoms with Gasteiger partial charge in [-0.1, -0.05) is 0 Å². The van der Waals surface area contributed by atoms with Gasteiger partial charge in [0, 0.05) is 24.7 Å². The van der Waals surface area contributed by atoms with Crippen LogP contribution in [0.25, 0.3) is 0 Å². The Labute approximate surface area is 114 Å². The number of nitrogens with zero attached hydrogens (tertiary/aromatic N) is 2. The Morgan fingerprint density at radius 1 is 1.40 bits per heavy atom. The van der Waals surface area contributed by atoms with Crippen LogP contribution in [0, 0.1) is 0 Å². The Kier molecular flexibility index (Phi) is 3.12. The standard InChI is InChI=1S/C12H13N5O3/c13-8-4-10-9(19-6-20-10)3-7(8)12(18)14-2-1-11-15-5-16-17-11/h3-5H,1-2,6,13H2,(H,14,18)(H,15,16,17). The highest BCUT2D eigenvalue weighted by Crippen LogP contribution is 2.35. The molecule has 0 spiro atoms. The molecule has 2 aromatic rings. The Bertz CT molecular complexity index is 626. The normalized spacial score (nSPS) is 12.4. The van der Waals surface area contributed by atoms with Crippen LogP contribution in [-0.2, 0) is 6.42 Å². The van der Waals surface area contributed by atoms with E-state index in [-0.39, 0.29) is 12.7 Å². The average molecular weight is 275 g/mol. The van der Waals surface area contributed by atoms with Gasteiger partial charge in [-0.05, 0) is 6.07 Å². The molecule has 0 aliphatic carbocycles. The van der Waals surface area contributed by atoms with Crippen molar-refractivity contribution < 1.29 is 14.3 Å². The number of hydrogen-bond donors (Lipinski definition) is 3. The van der Waals surface area contributed by atoms with E-state index in [2.05, 4.69) is 20.5 Å². The molecule has 20 heavy (non-hydrogen) atoms. The third-order valence-corrected chi connectivity index (χ3v) is 2.90. The first-order chi connectivity index (χ1) is 9.74. The monoisotopic (exact) mass is 275 g/mol. The third-order valence-electron chi connectivity index (χ3n) is 2.90. The van der Waals surface area contributed by atoms with Crippen LogP contribution in [0.4, 0.5) is 5.69 Å². The molecule has 1 aromatic heterocycles. The summed E-state index contributed by atoms with van der Waals surface area (Å²) in [6, 6.07) is 3.18. The highest BCUT2D eigenvalue weighted by Gasteiger charge is 2.19. The van der Waals surface area contributed by atoms with Gasteiger partial charge in [0.15, 0.2) is 11.5 Å². The van der Waals surface area contributed by atoms with E-state index in [1.165, 1.54) is 6.33 Å². The summed E-state index contributed by atoms with van der Waals surface area (Å²) in [4.78, 5) is 16.0. The van der Waals surface area contributed by atoms with Gasteiger partial charge in [0.25, 0.3) is 5.91 Å². The molecule has 1 amide bonds. The highest BCUT2D eigenvalue weighted by atomic mass is 16.7. The van der Waals surface area contributed by atoms with Crippen molar-refractivity contribution in [3.63, 3.8) is 0 Å². The number of carbonyl (C=O) groups excluding carboxylic acids is 1. The van der Waals surface area contributed by atoms with Crippen LogP contribution in [0.2, 0.25) is 0 Å². The summed E-state index contributed by atoms with van der Waals surface area (Å²) < 4.78 is 10.4. The summed E-state index contributed by atoms with van der Waals surface area (Å²) in [6.07, 6.45) is 1.99. The fourth-order valence-corrected chi connectivity index (χ4v) is 1.90. The average Bonchev–Trinajstić information content (AvgIpc) is 3.08. The molecule has 0 bridgehead atoms. The molecule has 104 valence electrons. The lowest BCUT2D eigenvalue weighted by atomic mass is 10.1. The van der Waals surface area contributed by atoms with Gasteiger partial charge in [-0.2, -0.15) is 5.10 Å². The van der Waals surface area contributed by atoms with E-state index in [9.17, 15) is 4.79 Å². The number of amides is 1. The topological polar surface area (TPSA) is 115 Å². The summed E-state index contributed by atoms with van der Waals surface area (Å²) in [6.45, 7) is 0.577. The zero-order valence-corrected chi connectivity index (χ0v) is 10.5. The number of ether oxygens (including phenoxy) is 2. The first-order valence-corrected chi connectivity index (χ1v) is 6.05. The first kappa shape index (κ1) is 12.3. The molecule has 4 N–H and O–H groups in total. The molecule has 0 saturated heterocycles. The van der Waals surface area contributed by atoms with Crippen molar-refractivity contribution in [3.8, 4) is 11.5 Å². The number of nitrogens with two attached hydrogens (primary N) is 1. The van der Waals surface area contributed by atoms with Crippen molar-refractivity contribution in [3.05, 3.63) is 29.8 Å². The Hall–Kier alpha value is -2.77. The lowest BCUT2D eigenvalue weighted by molar-refractivity contribution is 0.0954. The maximum Gasteiger partial charge on any atom is 0.253 e. The molecule has 0 fully saturated rings. The van der Waals surface area contributed by atoms with Gasteiger partial charge < -0.3 is 20.5 Å². The zero-order chi connectivity index (χ0) is 13.9. The van der Waals surface area contributed by atoms with Crippen LogP contribution in [-0.4, -0.2) is 34.4 Å². The second-order valence-electron chi connectivity index (χ2n) is 4.23. The van der Waals surface area contributed by atoms with Crippen LogP contribution >= 0.6 is 0 Å². The predicted octanol–water partition coefficient (Wildman–Crippen LogP) is 0.0881. The van der Waals surface area contributed by atoms with Crippen molar-refractivity contribution in [1.82, 2.24) is 20.5 Å². The Morgan fingerprint density at radius 3 is 2.95 bits per heavy atom. The lowest BCUT2D eigenvalue weighted by Crippen LogP contribution is -2.26. The van der Waals surface area contributed by atoms with E-state index in [0.29, 0.717) is 41.5 Å². The molecular formula is C12H13N5O3. The quantitative estimate of drug-likeness (QED) is 0.681. The van der Waals surface area contributed by atoms with E-state index in [1.807, 2.05) is 0 Å². The molecule has 0 atom stereocenters. The molecule has 3 rings (SSSR count). The van der Waals surface area contributed by atoms with Gasteiger partial charge in [0.2, 0.25) is 6.79 Å². The summed E-state index contributed by atoms with van der Waals surface area (Å²) >= 11 is 0. The number of aromatic amines is 1. The second kappa shape index (κ2) is 5.08. The van der Waals surface area contributed by atoms with Crippen LogP contribution in [0.15, 0.2) is 18.5 Å². The van der Waals surface area contributed by atoms with Crippen LogP contribution in [0.1, 0.15) is 16.2 Å². The first-order valence-electron chi connectivity index (χ1n) is 6.05. The van der Waals surface area contributed by atoms with Crippen molar-refractivity contribution >= 4 is 11.6 Å². The largest absolute Gasteiger partial charge is 0.454 e. The van der Waals surface area contributed by atoms with Gasteiger partial charge in [-0.25, -0.2) is 4.98 Å². The van der Waals surface area contributed by atoms with Crippen LogP contribution in [0.5, 0.6) is 11.5 Å². The summed E-state index contributed by atoms with van der Waals surface area (Å²) in [7, 11) is 0. The molecule has 8 nitrogen and oxygen atoms in total. The summed E-state index contributed by atoms with van der Waals surface area (Å²) in [5.74, 6) is 1.53. The lowest BCUT2D eigenvalue weighted by Gasteiger charge is -2.08. The van der Waals surface area contributed by atoms with E-state index < -0.39 is 0 Å².